The van der Waals surface area contributed by atoms with Crippen molar-refractivity contribution in [2.24, 2.45) is 10.9 Å². The highest BCUT2D eigenvalue weighted by molar-refractivity contribution is 5.79. The van der Waals surface area contributed by atoms with Crippen molar-refractivity contribution >= 4 is 11.6 Å². The van der Waals surface area contributed by atoms with Gasteiger partial charge in [0.1, 0.15) is 0 Å². The summed E-state index contributed by atoms with van der Waals surface area (Å²) in [5, 5.41) is 6.95. The van der Waals surface area contributed by atoms with Gasteiger partial charge in [0.25, 0.3) is 0 Å². The predicted molar refractivity (Wildman–Crippen MR) is 115 cm³/mol. The number of nitrogens with zero attached hydrogens (tertiary/aromatic N) is 3. The fraction of sp³-hybridized carbons (Fsp3) is 0.667. The first-order chi connectivity index (χ1) is 13.0. The summed E-state index contributed by atoms with van der Waals surface area (Å²) < 4.78 is 5.49. The quantitative estimate of drug-likeness (QED) is 0.536. The maximum Gasteiger partial charge on any atom is 0.191 e. The first kappa shape index (κ1) is 21.5. The van der Waals surface area contributed by atoms with Crippen LogP contribution < -0.4 is 15.5 Å². The Kier molecular flexibility index (Phi) is 8.88. The largest absolute Gasteiger partial charge is 0.379 e. The van der Waals surface area contributed by atoms with E-state index in [4.69, 9.17) is 4.74 Å². The summed E-state index contributed by atoms with van der Waals surface area (Å²) in [5.74, 6) is 1.46. The number of ether oxygens (including phenoxy) is 1. The first-order valence-corrected chi connectivity index (χ1v) is 10.0. The molecule has 1 aromatic carbocycles. The van der Waals surface area contributed by atoms with E-state index in [0.29, 0.717) is 12.0 Å². The maximum absolute atomic E-state index is 5.49. The van der Waals surface area contributed by atoms with E-state index in [0.717, 1.165) is 51.8 Å². The first-order valence-electron chi connectivity index (χ1n) is 10.0. The monoisotopic (exact) mass is 375 g/mol. The summed E-state index contributed by atoms with van der Waals surface area (Å²) in [4.78, 5) is 9.02. The molecule has 0 radical (unpaired) electrons. The zero-order valence-electron chi connectivity index (χ0n) is 17.7. The lowest BCUT2D eigenvalue weighted by Gasteiger charge is -2.37. The number of benzene rings is 1. The van der Waals surface area contributed by atoms with Gasteiger partial charge in [0.15, 0.2) is 5.96 Å². The fourth-order valence-electron chi connectivity index (χ4n) is 3.40. The molecule has 1 atom stereocenters. The van der Waals surface area contributed by atoms with E-state index in [1.165, 1.54) is 11.3 Å². The number of hydrogen-bond donors (Lipinski definition) is 2. The van der Waals surface area contributed by atoms with Gasteiger partial charge < -0.3 is 20.3 Å². The van der Waals surface area contributed by atoms with Crippen molar-refractivity contribution in [2.45, 2.75) is 26.3 Å². The van der Waals surface area contributed by atoms with Crippen molar-refractivity contribution in [2.75, 3.05) is 65.4 Å². The number of anilines is 1. The van der Waals surface area contributed by atoms with Crippen LogP contribution >= 0.6 is 0 Å². The van der Waals surface area contributed by atoms with Crippen LogP contribution in [0.4, 0.5) is 5.69 Å². The van der Waals surface area contributed by atoms with Crippen LogP contribution in [-0.4, -0.2) is 77.4 Å². The average molecular weight is 376 g/mol. The van der Waals surface area contributed by atoms with Crippen molar-refractivity contribution in [3.8, 4) is 0 Å². The van der Waals surface area contributed by atoms with E-state index in [9.17, 15) is 0 Å². The van der Waals surface area contributed by atoms with Gasteiger partial charge >= 0.3 is 0 Å². The molecule has 1 heterocycles. The third kappa shape index (κ3) is 7.03. The van der Waals surface area contributed by atoms with Crippen molar-refractivity contribution in [1.29, 1.82) is 0 Å². The number of rotatable bonds is 8. The molecule has 27 heavy (non-hydrogen) atoms. The minimum atomic E-state index is 0.492. The van der Waals surface area contributed by atoms with Crippen LogP contribution in [0.25, 0.3) is 0 Å². The predicted octanol–water partition coefficient (Wildman–Crippen LogP) is 1.82. The summed E-state index contributed by atoms with van der Waals surface area (Å²) in [6.45, 7) is 10.0. The lowest BCUT2D eigenvalue weighted by molar-refractivity contribution is 0.00752. The Bertz CT molecular complexity index is 564. The Balaban J connectivity index is 1.77. The van der Waals surface area contributed by atoms with Crippen LogP contribution in [0.3, 0.4) is 0 Å². The molecule has 0 bridgehead atoms. The number of hydrogen-bond acceptors (Lipinski definition) is 4. The van der Waals surface area contributed by atoms with Gasteiger partial charge in [-0.1, -0.05) is 26.0 Å². The molecule has 1 fully saturated rings. The second-order valence-electron chi connectivity index (χ2n) is 7.65. The minimum absolute atomic E-state index is 0.492. The van der Waals surface area contributed by atoms with Gasteiger partial charge in [-0.15, -0.1) is 0 Å². The van der Waals surface area contributed by atoms with Gasteiger partial charge in [-0.3, -0.25) is 9.89 Å². The molecule has 152 valence electrons. The second kappa shape index (κ2) is 11.1. The minimum Gasteiger partial charge on any atom is -0.379 e. The van der Waals surface area contributed by atoms with E-state index < -0.39 is 0 Å². The molecule has 6 nitrogen and oxygen atoms in total. The molecule has 0 aliphatic carbocycles. The summed E-state index contributed by atoms with van der Waals surface area (Å²) >= 11 is 0. The van der Waals surface area contributed by atoms with Crippen molar-refractivity contribution in [3.05, 3.63) is 29.8 Å². The average Bonchev–Trinajstić information content (AvgIpc) is 2.67. The van der Waals surface area contributed by atoms with Gasteiger partial charge in [-0.2, -0.15) is 0 Å². The molecular formula is C21H37N5O. The highest BCUT2D eigenvalue weighted by atomic mass is 16.5. The summed E-state index contributed by atoms with van der Waals surface area (Å²) in [6.07, 6.45) is 0.978. The molecule has 1 aromatic rings. The smallest absolute Gasteiger partial charge is 0.191 e. The highest BCUT2D eigenvalue weighted by Crippen LogP contribution is 2.13. The Labute approximate surface area is 165 Å². The Hall–Kier alpha value is -1.79. The Morgan fingerprint density at radius 1 is 1.15 bits per heavy atom. The van der Waals surface area contributed by atoms with Crippen LogP contribution in [0.15, 0.2) is 29.3 Å². The topological polar surface area (TPSA) is 52.1 Å². The molecule has 6 heteroatoms. The molecule has 2 N–H and O–H groups in total. The van der Waals surface area contributed by atoms with E-state index in [1.807, 2.05) is 7.05 Å². The van der Waals surface area contributed by atoms with Crippen molar-refractivity contribution < 1.29 is 4.74 Å². The lowest BCUT2D eigenvalue weighted by atomic mass is 10.0. The fourth-order valence-corrected chi connectivity index (χ4v) is 3.40. The van der Waals surface area contributed by atoms with Crippen LogP contribution in [0, 0.1) is 5.92 Å². The van der Waals surface area contributed by atoms with Gasteiger partial charge in [0.2, 0.25) is 0 Å². The third-order valence-electron chi connectivity index (χ3n) is 5.15. The number of aliphatic imine (C=N–C) groups is 1. The van der Waals surface area contributed by atoms with E-state index in [-0.39, 0.29) is 0 Å². The van der Waals surface area contributed by atoms with Gasteiger partial charge in [0.05, 0.1) is 13.2 Å². The number of guanidine groups is 1. The normalized spacial score (nSPS) is 17.0. The zero-order valence-corrected chi connectivity index (χ0v) is 17.7. The molecule has 0 spiro atoms. The number of nitrogens with one attached hydrogen (secondary N) is 2. The van der Waals surface area contributed by atoms with Gasteiger partial charge in [-0.05, 0) is 30.0 Å². The summed E-state index contributed by atoms with van der Waals surface area (Å²) in [5.41, 5.74) is 2.56. The summed E-state index contributed by atoms with van der Waals surface area (Å²) in [7, 11) is 5.96. The van der Waals surface area contributed by atoms with E-state index in [1.54, 1.807) is 0 Å². The molecule has 1 aliphatic rings. The third-order valence-corrected chi connectivity index (χ3v) is 5.15. The van der Waals surface area contributed by atoms with Crippen molar-refractivity contribution in [3.63, 3.8) is 0 Å². The van der Waals surface area contributed by atoms with Crippen LogP contribution in [-0.2, 0) is 11.2 Å². The maximum atomic E-state index is 5.49. The second-order valence-corrected chi connectivity index (χ2v) is 7.65. The zero-order chi connectivity index (χ0) is 19.6. The molecular weight excluding hydrogens is 338 g/mol. The molecule has 0 aromatic heterocycles. The molecule has 1 unspecified atom stereocenters. The van der Waals surface area contributed by atoms with Gasteiger partial charge in [0, 0.05) is 59.1 Å². The molecule has 1 aliphatic heterocycles. The number of morpholine rings is 1. The van der Waals surface area contributed by atoms with Crippen LogP contribution in [0.5, 0.6) is 0 Å². The van der Waals surface area contributed by atoms with E-state index >= 15 is 0 Å². The Morgan fingerprint density at radius 3 is 2.37 bits per heavy atom. The van der Waals surface area contributed by atoms with Crippen LogP contribution in [0.1, 0.15) is 19.4 Å². The summed E-state index contributed by atoms with van der Waals surface area (Å²) in [6, 6.07) is 9.21. The van der Waals surface area contributed by atoms with Crippen LogP contribution in [0.2, 0.25) is 0 Å². The molecule has 0 saturated carbocycles. The van der Waals surface area contributed by atoms with Gasteiger partial charge in [-0.25, -0.2) is 0 Å². The SMILES string of the molecule is CN=C(NCCc1ccc(N(C)C)cc1)NCC(C(C)C)N1CCOCC1. The van der Waals surface area contributed by atoms with E-state index in [2.05, 4.69) is 77.6 Å². The van der Waals surface area contributed by atoms with Crippen molar-refractivity contribution in [1.82, 2.24) is 15.5 Å². The molecule has 2 rings (SSSR count). The molecule has 0 amide bonds. The lowest BCUT2D eigenvalue weighted by Crippen LogP contribution is -2.52. The molecule has 1 saturated heterocycles. The standard InChI is InChI=1S/C21H37N5O/c1-17(2)20(26-12-14-27-15-13-26)16-24-21(22-3)23-11-10-18-6-8-19(9-7-18)25(4)5/h6-9,17,20H,10-16H2,1-5H3,(H2,22,23,24). The Morgan fingerprint density at radius 2 is 1.81 bits per heavy atom. The highest BCUT2D eigenvalue weighted by Gasteiger charge is 2.23.